The van der Waals surface area contributed by atoms with Gasteiger partial charge in [-0.25, -0.2) is 15.0 Å². The van der Waals surface area contributed by atoms with E-state index in [-0.39, 0.29) is 0 Å². The Balaban J connectivity index is 1.33. The van der Waals surface area contributed by atoms with Crippen LogP contribution in [0.25, 0.3) is 73.2 Å². The largest absolute Gasteiger partial charge is 0.208 e. The minimum atomic E-state index is 0.553. The third-order valence-corrected chi connectivity index (χ3v) is 7.79. The molecule has 3 nitrogen and oxygen atoms in total. The maximum atomic E-state index is 4.96. The lowest BCUT2D eigenvalue weighted by Gasteiger charge is -2.10. The molecule has 0 saturated heterocycles. The van der Waals surface area contributed by atoms with Crippen LogP contribution in [0.5, 0.6) is 0 Å². The van der Waals surface area contributed by atoms with Crippen molar-refractivity contribution >= 4 is 39.3 Å². The molecule has 1 heterocycles. The van der Waals surface area contributed by atoms with Gasteiger partial charge in [0, 0.05) is 16.7 Å². The van der Waals surface area contributed by atoms with Crippen molar-refractivity contribution in [2.24, 2.45) is 0 Å². The molecule has 0 aliphatic heterocycles. The highest BCUT2D eigenvalue weighted by atomic mass is 15.0. The van der Waals surface area contributed by atoms with Crippen molar-refractivity contribution in [3.8, 4) is 33.9 Å². The van der Waals surface area contributed by atoms with E-state index in [1.807, 2.05) is 37.3 Å². The van der Waals surface area contributed by atoms with Gasteiger partial charge in [0.05, 0.1) is 0 Å². The van der Waals surface area contributed by atoms with Crippen molar-refractivity contribution < 1.29 is 0 Å². The molecule has 0 aliphatic carbocycles. The SMILES string of the molecule is C=C(/C=c1/cccc/c1=C/C)c1nc(-c2ccc(-c3ccc4ccccc4c3)cc2)nc(-c2ccc3ccccc3c2)n1. The first-order chi connectivity index (χ1) is 21.1. The normalized spacial score (nSPS) is 12.2. The predicted molar refractivity (Wildman–Crippen MR) is 180 cm³/mol. The number of aromatic nitrogens is 3. The third kappa shape index (κ3) is 5.37. The molecule has 0 amide bonds. The lowest BCUT2D eigenvalue weighted by atomic mass is 10.00. The fraction of sp³-hybridized carbons (Fsp3) is 0.0250. The maximum Gasteiger partial charge on any atom is 0.164 e. The van der Waals surface area contributed by atoms with Crippen LogP contribution in [0, 0.1) is 0 Å². The highest BCUT2D eigenvalue weighted by Crippen LogP contribution is 2.29. The van der Waals surface area contributed by atoms with Crippen LogP contribution >= 0.6 is 0 Å². The zero-order chi connectivity index (χ0) is 29.2. The second-order valence-corrected chi connectivity index (χ2v) is 10.6. The molecule has 0 spiro atoms. The minimum Gasteiger partial charge on any atom is -0.208 e. The zero-order valence-corrected chi connectivity index (χ0v) is 23.9. The van der Waals surface area contributed by atoms with Gasteiger partial charge in [-0.1, -0.05) is 134 Å². The minimum absolute atomic E-state index is 0.553. The number of hydrogen-bond donors (Lipinski definition) is 0. The number of allylic oxidation sites excluding steroid dienone is 1. The standard InChI is InChI=1S/C40H29N3/c1-3-28-10-4-7-13-33(28)24-27(2)38-41-39(43-40(42-38)37-23-19-30-12-6-9-15-35(30)26-37)32-20-16-31(17-21-32)36-22-18-29-11-5-8-14-34(29)25-36/h3-26H,2H2,1H3/b28-3-,33-24-. The molecule has 6 aromatic carbocycles. The molecular formula is C40H29N3. The fourth-order valence-electron chi connectivity index (χ4n) is 5.44. The average molecular weight is 552 g/mol. The van der Waals surface area contributed by atoms with E-state index in [9.17, 15) is 0 Å². The Morgan fingerprint density at radius 3 is 1.63 bits per heavy atom. The van der Waals surface area contributed by atoms with Crippen molar-refractivity contribution in [3.63, 3.8) is 0 Å². The fourth-order valence-corrected chi connectivity index (χ4v) is 5.44. The van der Waals surface area contributed by atoms with Crippen LogP contribution in [0.1, 0.15) is 12.7 Å². The molecule has 0 radical (unpaired) electrons. The Bertz CT molecular complexity index is 2260. The van der Waals surface area contributed by atoms with Gasteiger partial charge in [0.25, 0.3) is 0 Å². The third-order valence-electron chi connectivity index (χ3n) is 7.79. The van der Waals surface area contributed by atoms with Crippen LogP contribution in [-0.2, 0) is 0 Å². The smallest absolute Gasteiger partial charge is 0.164 e. The van der Waals surface area contributed by atoms with Crippen LogP contribution in [0.2, 0.25) is 0 Å². The van der Waals surface area contributed by atoms with Gasteiger partial charge < -0.3 is 0 Å². The summed E-state index contributed by atoms with van der Waals surface area (Å²) in [6, 6.07) is 46.3. The first-order valence-electron chi connectivity index (χ1n) is 14.4. The van der Waals surface area contributed by atoms with E-state index in [4.69, 9.17) is 15.0 Å². The molecule has 0 unspecified atom stereocenters. The molecule has 7 aromatic rings. The summed E-state index contributed by atoms with van der Waals surface area (Å²) in [7, 11) is 0. The Labute approximate surface area is 250 Å². The summed E-state index contributed by atoms with van der Waals surface area (Å²) >= 11 is 0. The molecule has 204 valence electrons. The first-order valence-corrected chi connectivity index (χ1v) is 14.4. The van der Waals surface area contributed by atoms with Crippen LogP contribution in [0.4, 0.5) is 0 Å². The van der Waals surface area contributed by atoms with Crippen LogP contribution in [-0.4, -0.2) is 15.0 Å². The summed E-state index contributed by atoms with van der Waals surface area (Å²) in [6.07, 6.45) is 4.14. The molecule has 0 saturated carbocycles. The Morgan fingerprint density at radius 1 is 0.488 bits per heavy atom. The molecule has 0 atom stereocenters. The highest BCUT2D eigenvalue weighted by molar-refractivity contribution is 5.89. The van der Waals surface area contributed by atoms with Crippen molar-refractivity contribution in [2.75, 3.05) is 0 Å². The van der Waals surface area contributed by atoms with E-state index < -0.39 is 0 Å². The summed E-state index contributed by atoms with van der Waals surface area (Å²) in [5.41, 5.74) is 4.90. The predicted octanol–water partition coefficient (Wildman–Crippen LogP) is 8.47. The number of benzene rings is 6. The van der Waals surface area contributed by atoms with Gasteiger partial charge in [0.15, 0.2) is 17.5 Å². The summed E-state index contributed by atoms with van der Waals surface area (Å²) in [4.78, 5) is 14.8. The second-order valence-electron chi connectivity index (χ2n) is 10.6. The van der Waals surface area contributed by atoms with E-state index in [2.05, 4.69) is 122 Å². The molecule has 0 fully saturated rings. The second kappa shape index (κ2) is 11.3. The van der Waals surface area contributed by atoms with Crippen molar-refractivity contribution in [1.82, 2.24) is 15.0 Å². The quantitative estimate of drug-likeness (QED) is 0.215. The van der Waals surface area contributed by atoms with Gasteiger partial charge >= 0.3 is 0 Å². The number of nitrogens with zero attached hydrogens (tertiary/aromatic N) is 3. The zero-order valence-electron chi connectivity index (χ0n) is 23.9. The van der Waals surface area contributed by atoms with Crippen molar-refractivity contribution in [2.45, 2.75) is 6.92 Å². The number of hydrogen-bond acceptors (Lipinski definition) is 3. The van der Waals surface area contributed by atoms with Gasteiger partial charge in [0.2, 0.25) is 0 Å². The molecule has 7 rings (SSSR count). The topological polar surface area (TPSA) is 38.7 Å². The van der Waals surface area contributed by atoms with E-state index in [0.29, 0.717) is 17.5 Å². The van der Waals surface area contributed by atoms with Crippen LogP contribution in [0.15, 0.2) is 140 Å². The summed E-state index contributed by atoms with van der Waals surface area (Å²) in [5.74, 6) is 1.79. The van der Waals surface area contributed by atoms with Crippen LogP contribution in [0.3, 0.4) is 0 Å². The molecule has 0 bridgehead atoms. The van der Waals surface area contributed by atoms with Gasteiger partial charge in [-0.15, -0.1) is 0 Å². The number of rotatable bonds is 5. The van der Waals surface area contributed by atoms with E-state index in [1.54, 1.807) is 0 Å². The molecule has 43 heavy (non-hydrogen) atoms. The lowest BCUT2D eigenvalue weighted by molar-refractivity contribution is 1.04. The highest BCUT2D eigenvalue weighted by Gasteiger charge is 2.13. The maximum absolute atomic E-state index is 4.96. The van der Waals surface area contributed by atoms with E-state index in [0.717, 1.165) is 38.1 Å². The van der Waals surface area contributed by atoms with Crippen molar-refractivity contribution in [3.05, 3.63) is 156 Å². The van der Waals surface area contributed by atoms with Gasteiger partial charge in [-0.3, -0.25) is 0 Å². The monoisotopic (exact) mass is 551 g/mol. The molecule has 0 N–H and O–H groups in total. The number of fused-ring (bicyclic) bond motifs is 2. The average Bonchev–Trinajstić information content (AvgIpc) is 3.08. The summed E-state index contributed by atoms with van der Waals surface area (Å²) < 4.78 is 0. The van der Waals surface area contributed by atoms with E-state index >= 15 is 0 Å². The molecule has 3 heteroatoms. The Hall–Kier alpha value is -5.67. The molecule has 1 aromatic heterocycles. The van der Waals surface area contributed by atoms with E-state index in [1.165, 1.54) is 21.7 Å². The summed E-state index contributed by atoms with van der Waals surface area (Å²) in [5, 5.41) is 6.98. The van der Waals surface area contributed by atoms with Gasteiger partial charge in [0.1, 0.15) is 0 Å². The van der Waals surface area contributed by atoms with Gasteiger partial charge in [-0.2, -0.15) is 0 Å². The van der Waals surface area contributed by atoms with Gasteiger partial charge in [-0.05, 0) is 68.2 Å². The molecular weight excluding hydrogens is 522 g/mol. The summed E-state index contributed by atoms with van der Waals surface area (Å²) in [6.45, 7) is 6.41. The van der Waals surface area contributed by atoms with Crippen LogP contribution < -0.4 is 10.4 Å². The Morgan fingerprint density at radius 2 is 0.977 bits per heavy atom. The van der Waals surface area contributed by atoms with Crippen molar-refractivity contribution in [1.29, 1.82) is 0 Å². The molecule has 0 aliphatic rings. The first kappa shape index (κ1) is 26.2. The lowest BCUT2D eigenvalue weighted by Crippen LogP contribution is -2.23. The Kier molecular flexibility index (Phi) is 6.90.